The number of aliphatic hydroxyl groups is 1. The van der Waals surface area contributed by atoms with Crippen LogP contribution < -0.4 is 0 Å². The van der Waals surface area contributed by atoms with Gasteiger partial charge in [-0.25, -0.2) is 0 Å². The first-order valence-electron chi connectivity index (χ1n) is 6.11. The van der Waals surface area contributed by atoms with Gasteiger partial charge in [0, 0.05) is 5.41 Å². The predicted molar refractivity (Wildman–Crippen MR) is 71.2 cm³/mol. The summed E-state index contributed by atoms with van der Waals surface area (Å²) in [5.41, 5.74) is 4.96. The van der Waals surface area contributed by atoms with E-state index in [0.29, 0.717) is 13.2 Å². The van der Waals surface area contributed by atoms with E-state index in [1.54, 1.807) is 0 Å². The summed E-state index contributed by atoms with van der Waals surface area (Å²) >= 11 is 0. The highest BCUT2D eigenvalue weighted by molar-refractivity contribution is 5.36. The quantitative estimate of drug-likeness (QED) is 0.851. The summed E-state index contributed by atoms with van der Waals surface area (Å²) in [5.74, 6) is 0. The van der Waals surface area contributed by atoms with Crippen molar-refractivity contribution in [1.82, 2.24) is 0 Å². The second-order valence-corrected chi connectivity index (χ2v) is 5.69. The number of benzene rings is 1. The Hall–Kier alpha value is -0.860. The first kappa shape index (κ1) is 14.2. The molecular weight excluding hydrogens is 212 g/mol. The van der Waals surface area contributed by atoms with E-state index in [1.807, 2.05) is 13.8 Å². The molecule has 1 aromatic rings. The second kappa shape index (κ2) is 5.65. The zero-order chi connectivity index (χ0) is 13.1. The number of hydrogen-bond donors (Lipinski definition) is 1. The van der Waals surface area contributed by atoms with Crippen molar-refractivity contribution in [2.24, 2.45) is 5.41 Å². The van der Waals surface area contributed by atoms with Crippen LogP contribution in [0.2, 0.25) is 0 Å². The minimum atomic E-state index is -0.160. The Kier molecular flexibility index (Phi) is 4.72. The lowest BCUT2D eigenvalue weighted by molar-refractivity contribution is 0.0194. The van der Waals surface area contributed by atoms with Crippen LogP contribution in [-0.4, -0.2) is 18.3 Å². The molecule has 0 heterocycles. The van der Waals surface area contributed by atoms with Crippen molar-refractivity contribution in [3.05, 3.63) is 34.4 Å². The first-order chi connectivity index (χ1) is 7.85. The van der Waals surface area contributed by atoms with Crippen LogP contribution in [-0.2, 0) is 11.3 Å². The van der Waals surface area contributed by atoms with Gasteiger partial charge in [-0.2, -0.15) is 0 Å². The van der Waals surface area contributed by atoms with Gasteiger partial charge in [-0.3, -0.25) is 0 Å². The summed E-state index contributed by atoms with van der Waals surface area (Å²) in [4.78, 5) is 0. The molecule has 17 heavy (non-hydrogen) atoms. The summed E-state index contributed by atoms with van der Waals surface area (Å²) in [6.07, 6.45) is 0. The Bertz CT molecular complexity index is 358. The molecule has 0 aliphatic rings. The van der Waals surface area contributed by atoms with Crippen molar-refractivity contribution in [1.29, 1.82) is 0 Å². The van der Waals surface area contributed by atoms with Crippen molar-refractivity contribution in [3.8, 4) is 0 Å². The molecule has 0 spiro atoms. The molecule has 0 saturated carbocycles. The lowest BCUT2D eigenvalue weighted by atomic mass is 9.96. The molecule has 96 valence electrons. The van der Waals surface area contributed by atoms with E-state index in [-0.39, 0.29) is 12.0 Å². The molecule has 0 amide bonds. The van der Waals surface area contributed by atoms with Crippen LogP contribution >= 0.6 is 0 Å². The normalized spacial score (nSPS) is 11.9. The molecule has 0 aliphatic carbocycles. The van der Waals surface area contributed by atoms with Crippen molar-refractivity contribution < 1.29 is 9.84 Å². The molecule has 1 rings (SSSR count). The maximum absolute atomic E-state index is 9.16. The minimum Gasteiger partial charge on any atom is -0.396 e. The lowest BCUT2D eigenvalue weighted by Gasteiger charge is -2.22. The highest BCUT2D eigenvalue weighted by Gasteiger charge is 2.16. The van der Waals surface area contributed by atoms with Gasteiger partial charge in [0.25, 0.3) is 0 Å². The standard InChI is InChI=1S/C15H24O2/c1-11-6-12(2)14(13(3)7-11)8-17-10-15(4,5)9-16/h6-7,16H,8-10H2,1-5H3. The summed E-state index contributed by atoms with van der Waals surface area (Å²) in [5, 5.41) is 9.16. The number of aryl methyl sites for hydroxylation is 3. The van der Waals surface area contributed by atoms with Crippen LogP contribution in [0.3, 0.4) is 0 Å². The molecule has 2 nitrogen and oxygen atoms in total. The third-order valence-electron chi connectivity index (χ3n) is 3.01. The number of ether oxygens (including phenoxy) is 1. The zero-order valence-corrected chi connectivity index (χ0v) is 11.6. The minimum absolute atomic E-state index is 0.152. The van der Waals surface area contributed by atoms with Gasteiger partial charge in [0.1, 0.15) is 0 Å². The van der Waals surface area contributed by atoms with E-state index in [1.165, 1.54) is 22.3 Å². The summed E-state index contributed by atoms with van der Waals surface area (Å²) in [7, 11) is 0. The average Bonchev–Trinajstić information content (AvgIpc) is 2.22. The van der Waals surface area contributed by atoms with Crippen molar-refractivity contribution in [3.63, 3.8) is 0 Å². The average molecular weight is 236 g/mol. The molecule has 1 N–H and O–H groups in total. The monoisotopic (exact) mass is 236 g/mol. The summed E-state index contributed by atoms with van der Waals surface area (Å²) < 4.78 is 5.72. The zero-order valence-electron chi connectivity index (χ0n) is 11.6. The largest absolute Gasteiger partial charge is 0.396 e. The molecule has 0 unspecified atom stereocenters. The van der Waals surface area contributed by atoms with E-state index < -0.39 is 0 Å². The second-order valence-electron chi connectivity index (χ2n) is 5.69. The van der Waals surface area contributed by atoms with Gasteiger partial charge in [0.15, 0.2) is 0 Å². The van der Waals surface area contributed by atoms with Gasteiger partial charge < -0.3 is 9.84 Å². The SMILES string of the molecule is Cc1cc(C)c(COCC(C)(C)CO)c(C)c1. The van der Waals surface area contributed by atoms with Gasteiger partial charge in [0.2, 0.25) is 0 Å². The fourth-order valence-corrected chi connectivity index (χ4v) is 1.91. The van der Waals surface area contributed by atoms with Crippen molar-refractivity contribution in [2.45, 2.75) is 41.2 Å². The smallest absolute Gasteiger partial charge is 0.0722 e. The van der Waals surface area contributed by atoms with E-state index in [4.69, 9.17) is 9.84 Å². The van der Waals surface area contributed by atoms with Crippen LogP contribution in [0.4, 0.5) is 0 Å². The highest BCUT2D eigenvalue weighted by Crippen LogP contribution is 2.19. The van der Waals surface area contributed by atoms with Gasteiger partial charge in [-0.05, 0) is 37.5 Å². The Balaban J connectivity index is 2.64. The molecule has 0 saturated heterocycles. The first-order valence-corrected chi connectivity index (χ1v) is 6.11. The van der Waals surface area contributed by atoms with Gasteiger partial charge in [0.05, 0.1) is 19.8 Å². The fourth-order valence-electron chi connectivity index (χ4n) is 1.91. The van der Waals surface area contributed by atoms with Crippen LogP contribution in [0, 0.1) is 26.2 Å². The topological polar surface area (TPSA) is 29.5 Å². The Morgan fingerprint density at radius 3 is 2.12 bits per heavy atom. The number of aliphatic hydroxyl groups excluding tert-OH is 1. The maximum Gasteiger partial charge on any atom is 0.0722 e. The van der Waals surface area contributed by atoms with Crippen LogP contribution in [0.25, 0.3) is 0 Å². The van der Waals surface area contributed by atoms with Gasteiger partial charge >= 0.3 is 0 Å². The Morgan fingerprint density at radius 2 is 1.65 bits per heavy atom. The molecule has 0 atom stereocenters. The van der Waals surface area contributed by atoms with E-state index in [2.05, 4.69) is 32.9 Å². The van der Waals surface area contributed by atoms with Crippen LogP contribution in [0.5, 0.6) is 0 Å². The van der Waals surface area contributed by atoms with Gasteiger partial charge in [-0.15, -0.1) is 0 Å². The molecule has 2 heteroatoms. The molecule has 1 aromatic carbocycles. The summed E-state index contributed by atoms with van der Waals surface area (Å²) in [6.45, 7) is 11.7. The Morgan fingerprint density at radius 1 is 1.12 bits per heavy atom. The maximum atomic E-state index is 9.16. The van der Waals surface area contributed by atoms with Gasteiger partial charge in [-0.1, -0.05) is 31.5 Å². The number of hydrogen-bond acceptors (Lipinski definition) is 2. The molecule has 0 bridgehead atoms. The van der Waals surface area contributed by atoms with E-state index in [0.717, 1.165) is 0 Å². The van der Waals surface area contributed by atoms with Crippen molar-refractivity contribution in [2.75, 3.05) is 13.2 Å². The fraction of sp³-hybridized carbons (Fsp3) is 0.600. The third-order valence-corrected chi connectivity index (χ3v) is 3.01. The van der Waals surface area contributed by atoms with Crippen LogP contribution in [0.1, 0.15) is 36.1 Å². The summed E-state index contributed by atoms with van der Waals surface area (Å²) in [6, 6.07) is 4.37. The molecule has 0 radical (unpaired) electrons. The molecule has 0 aliphatic heterocycles. The van der Waals surface area contributed by atoms with Crippen LogP contribution in [0.15, 0.2) is 12.1 Å². The third kappa shape index (κ3) is 4.14. The molecular formula is C15H24O2. The lowest BCUT2D eigenvalue weighted by Crippen LogP contribution is -2.23. The predicted octanol–water partition coefficient (Wildman–Crippen LogP) is 3.15. The highest BCUT2D eigenvalue weighted by atomic mass is 16.5. The Labute approximate surface area is 105 Å². The van der Waals surface area contributed by atoms with E-state index >= 15 is 0 Å². The van der Waals surface area contributed by atoms with E-state index in [9.17, 15) is 0 Å². The molecule has 0 aromatic heterocycles. The van der Waals surface area contributed by atoms with Crippen molar-refractivity contribution >= 4 is 0 Å². The number of rotatable bonds is 5. The molecule has 0 fully saturated rings.